The van der Waals surface area contributed by atoms with Crippen LogP contribution in [0.1, 0.15) is 27.2 Å². The Morgan fingerprint density at radius 2 is 2.08 bits per heavy atom. The Labute approximate surface area is 80.0 Å². The van der Waals surface area contributed by atoms with Crippen LogP contribution in [0.15, 0.2) is 12.2 Å². The van der Waals surface area contributed by atoms with Gasteiger partial charge in [0.25, 0.3) is 0 Å². The Morgan fingerprint density at radius 1 is 1.46 bits per heavy atom. The van der Waals surface area contributed by atoms with Crippen LogP contribution in [0.4, 0.5) is 0 Å². The van der Waals surface area contributed by atoms with E-state index < -0.39 is 0 Å². The molecule has 1 aliphatic rings. The van der Waals surface area contributed by atoms with E-state index in [1.54, 1.807) is 0 Å². The molecule has 1 saturated carbocycles. The van der Waals surface area contributed by atoms with Crippen molar-refractivity contribution in [3.05, 3.63) is 12.2 Å². The van der Waals surface area contributed by atoms with Gasteiger partial charge in [0.1, 0.15) is 0 Å². The summed E-state index contributed by atoms with van der Waals surface area (Å²) in [4.78, 5) is 10.8. The van der Waals surface area contributed by atoms with Gasteiger partial charge in [0.05, 0.1) is 7.11 Å². The highest BCUT2D eigenvalue weighted by Crippen LogP contribution is 2.51. The van der Waals surface area contributed by atoms with Crippen molar-refractivity contribution in [3.8, 4) is 0 Å². The van der Waals surface area contributed by atoms with Crippen molar-refractivity contribution in [2.45, 2.75) is 27.2 Å². The van der Waals surface area contributed by atoms with Gasteiger partial charge in [0.15, 0.2) is 0 Å². The Morgan fingerprint density at radius 3 is 2.46 bits per heavy atom. The quantitative estimate of drug-likeness (QED) is 0.484. The molecule has 1 fully saturated rings. The van der Waals surface area contributed by atoms with Crippen molar-refractivity contribution in [3.63, 3.8) is 0 Å². The third-order valence-electron chi connectivity index (χ3n) is 2.63. The third kappa shape index (κ3) is 2.87. The summed E-state index contributed by atoms with van der Waals surface area (Å²) < 4.78 is 4.52. The first-order valence-electron chi connectivity index (χ1n) is 4.71. The maximum absolute atomic E-state index is 10.8. The van der Waals surface area contributed by atoms with E-state index in [-0.39, 0.29) is 5.97 Å². The molecule has 2 atom stereocenters. The summed E-state index contributed by atoms with van der Waals surface area (Å²) in [6.07, 6.45) is 4.72. The van der Waals surface area contributed by atoms with Crippen molar-refractivity contribution in [1.82, 2.24) is 0 Å². The largest absolute Gasteiger partial charge is 0.466 e. The minimum Gasteiger partial charge on any atom is -0.466 e. The molecule has 1 aliphatic carbocycles. The van der Waals surface area contributed by atoms with E-state index in [0.717, 1.165) is 5.92 Å². The molecule has 0 bridgehead atoms. The van der Waals surface area contributed by atoms with Crippen molar-refractivity contribution in [2.24, 2.45) is 17.3 Å². The molecule has 0 aromatic carbocycles. The molecule has 74 valence electrons. The van der Waals surface area contributed by atoms with Crippen molar-refractivity contribution in [1.29, 1.82) is 0 Å². The Balaban J connectivity index is 2.36. The second-order valence-corrected chi connectivity index (χ2v) is 4.75. The summed E-state index contributed by atoms with van der Waals surface area (Å²) in [6, 6.07) is 0. The number of hydrogen-bond acceptors (Lipinski definition) is 2. The first-order chi connectivity index (χ1) is 5.95. The van der Waals surface area contributed by atoms with Gasteiger partial charge in [-0.1, -0.05) is 26.8 Å². The number of methoxy groups -OCH3 is 1. The van der Waals surface area contributed by atoms with Crippen LogP contribution < -0.4 is 0 Å². The molecular formula is C11H18O2. The fraction of sp³-hybridized carbons (Fsp3) is 0.727. The van der Waals surface area contributed by atoms with Gasteiger partial charge >= 0.3 is 5.97 Å². The van der Waals surface area contributed by atoms with E-state index in [1.807, 2.05) is 6.08 Å². The van der Waals surface area contributed by atoms with Gasteiger partial charge in [-0.15, -0.1) is 0 Å². The average molecular weight is 182 g/mol. The highest BCUT2D eigenvalue weighted by Gasteiger charge is 2.43. The smallest absolute Gasteiger partial charge is 0.330 e. The van der Waals surface area contributed by atoms with E-state index >= 15 is 0 Å². The second-order valence-electron chi connectivity index (χ2n) is 4.75. The third-order valence-corrected chi connectivity index (χ3v) is 2.63. The van der Waals surface area contributed by atoms with Crippen LogP contribution in [0.25, 0.3) is 0 Å². The summed E-state index contributed by atoms with van der Waals surface area (Å²) in [5.41, 5.74) is 0.366. The highest BCUT2D eigenvalue weighted by molar-refractivity contribution is 5.81. The molecule has 0 heterocycles. The number of esters is 1. The molecule has 0 spiro atoms. The molecule has 13 heavy (non-hydrogen) atoms. The van der Waals surface area contributed by atoms with E-state index in [4.69, 9.17) is 0 Å². The van der Waals surface area contributed by atoms with Crippen LogP contribution in [0.3, 0.4) is 0 Å². The minimum atomic E-state index is -0.250. The van der Waals surface area contributed by atoms with Gasteiger partial charge in [0, 0.05) is 6.08 Å². The fourth-order valence-electron chi connectivity index (χ4n) is 1.69. The van der Waals surface area contributed by atoms with Crippen LogP contribution in [-0.2, 0) is 9.53 Å². The van der Waals surface area contributed by atoms with Gasteiger partial charge in [-0.25, -0.2) is 4.79 Å². The predicted molar refractivity (Wildman–Crippen MR) is 52.2 cm³/mol. The van der Waals surface area contributed by atoms with Crippen LogP contribution >= 0.6 is 0 Å². The van der Waals surface area contributed by atoms with Gasteiger partial charge < -0.3 is 4.74 Å². The molecule has 0 aliphatic heterocycles. The van der Waals surface area contributed by atoms with Crippen molar-refractivity contribution in [2.75, 3.05) is 7.11 Å². The van der Waals surface area contributed by atoms with Gasteiger partial charge in [-0.3, -0.25) is 0 Å². The standard InChI is InChI=1S/C11H18O2/c1-11(2,3)9-7-8(9)5-6-10(12)13-4/h5-6,8-9H,7H2,1-4H3/b6-5+/t8-,9-/m1/s1. The first kappa shape index (κ1) is 10.3. The normalized spacial score (nSPS) is 27.7. The first-order valence-corrected chi connectivity index (χ1v) is 4.71. The van der Waals surface area contributed by atoms with E-state index in [9.17, 15) is 4.79 Å². The fourth-order valence-corrected chi connectivity index (χ4v) is 1.69. The van der Waals surface area contributed by atoms with Crippen LogP contribution in [0.2, 0.25) is 0 Å². The molecule has 1 rings (SSSR count). The van der Waals surface area contributed by atoms with Crippen LogP contribution in [0.5, 0.6) is 0 Å². The Kier molecular flexibility index (Phi) is 2.79. The average Bonchev–Trinajstić information content (AvgIpc) is 2.78. The number of hydrogen-bond donors (Lipinski definition) is 0. The summed E-state index contributed by atoms with van der Waals surface area (Å²) in [6.45, 7) is 6.72. The lowest BCUT2D eigenvalue weighted by molar-refractivity contribution is -0.134. The number of carbonyl (C=O) groups is 1. The lowest BCUT2D eigenvalue weighted by atomic mass is 9.89. The van der Waals surface area contributed by atoms with E-state index in [1.165, 1.54) is 19.6 Å². The van der Waals surface area contributed by atoms with Crippen molar-refractivity contribution >= 4 is 5.97 Å². The molecule has 0 amide bonds. The molecule has 0 N–H and O–H groups in total. The van der Waals surface area contributed by atoms with E-state index in [0.29, 0.717) is 11.3 Å². The predicted octanol–water partition coefficient (Wildman–Crippen LogP) is 2.40. The molecule has 0 unspecified atom stereocenters. The molecule has 2 heteroatoms. The molecule has 0 aromatic rings. The minimum absolute atomic E-state index is 0.250. The lowest BCUT2D eigenvalue weighted by Crippen LogP contribution is -2.08. The summed E-state index contributed by atoms with van der Waals surface area (Å²) in [7, 11) is 1.40. The highest BCUT2D eigenvalue weighted by atomic mass is 16.5. The zero-order valence-electron chi connectivity index (χ0n) is 8.83. The molecule has 0 radical (unpaired) electrons. The van der Waals surface area contributed by atoms with Crippen molar-refractivity contribution < 1.29 is 9.53 Å². The van der Waals surface area contributed by atoms with Gasteiger partial charge in [0.2, 0.25) is 0 Å². The number of allylic oxidation sites excluding steroid dienone is 1. The molecule has 0 saturated heterocycles. The number of carbonyl (C=O) groups excluding carboxylic acids is 1. The molecule has 2 nitrogen and oxygen atoms in total. The molecule has 0 aromatic heterocycles. The zero-order chi connectivity index (χ0) is 10.1. The van der Waals surface area contributed by atoms with Gasteiger partial charge in [-0.2, -0.15) is 0 Å². The maximum atomic E-state index is 10.8. The van der Waals surface area contributed by atoms with Crippen LogP contribution in [-0.4, -0.2) is 13.1 Å². The molecular weight excluding hydrogens is 164 g/mol. The summed E-state index contributed by atoms with van der Waals surface area (Å²) >= 11 is 0. The Hall–Kier alpha value is -0.790. The lowest BCUT2D eigenvalue weighted by Gasteiger charge is -2.17. The number of ether oxygens (including phenoxy) is 1. The summed E-state index contributed by atoms with van der Waals surface area (Å²) in [5.74, 6) is 1.06. The number of rotatable bonds is 2. The Bertz CT molecular complexity index is 223. The SMILES string of the molecule is COC(=O)/C=C/[C@@H]1C[C@H]1C(C)(C)C. The maximum Gasteiger partial charge on any atom is 0.330 e. The second kappa shape index (κ2) is 3.52. The topological polar surface area (TPSA) is 26.3 Å². The summed E-state index contributed by atoms with van der Waals surface area (Å²) in [5, 5.41) is 0. The zero-order valence-corrected chi connectivity index (χ0v) is 8.83. The van der Waals surface area contributed by atoms with Gasteiger partial charge in [-0.05, 0) is 23.7 Å². The monoisotopic (exact) mass is 182 g/mol. The van der Waals surface area contributed by atoms with Crippen LogP contribution in [0, 0.1) is 17.3 Å². The van der Waals surface area contributed by atoms with E-state index in [2.05, 4.69) is 25.5 Å².